The number of hydrogen-bond acceptors (Lipinski definition) is 5. The average molecular weight is 342 g/mol. The maximum Gasteiger partial charge on any atom is 0.250 e. The first kappa shape index (κ1) is 16.3. The number of carbonyl (C=O) groups excluding carboxylic acids is 1. The standard InChI is InChI=1S/C18H18N2O3S/c1-4-22-15-9-16-14(12(3)10-23-16)8-13(15)11(2)7-17(21)20-18-19-5-6-24-18/h5-10H,4H2,1-3H3,(H,19,20,21)/b11-7+. The molecule has 6 heteroatoms. The monoisotopic (exact) mass is 342 g/mol. The second-order valence-corrected chi connectivity index (χ2v) is 6.24. The van der Waals surface area contributed by atoms with Crippen molar-refractivity contribution in [1.29, 1.82) is 0 Å². The summed E-state index contributed by atoms with van der Waals surface area (Å²) in [6.45, 7) is 6.34. The molecule has 2 heterocycles. The predicted octanol–water partition coefficient (Wildman–Crippen LogP) is 4.64. The van der Waals surface area contributed by atoms with Crippen molar-refractivity contribution in [3.05, 3.63) is 47.2 Å². The molecule has 0 spiro atoms. The molecule has 1 N–H and O–H groups in total. The van der Waals surface area contributed by atoms with Gasteiger partial charge < -0.3 is 9.15 Å². The molecule has 3 rings (SSSR count). The molecule has 0 radical (unpaired) electrons. The zero-order chi connectivity index (χ0) is 17.1. The lowest BCUT2D eigenvalue weighted by atomic mass is 10.0. The highest BCUT2D eigenvalue weighted by Gasteiger charge is 2.13. The van der Waals surface area contributed by atoms with Crippen molar-refractivity contribution in [2.45, 2.75) is 20.8 Å². The number of nitrogens with one attached hydrogen (secondary N) is 1. The van der Waals surface area contributed by atoms with Gasteiger partial charge in [-0.25, -0.2) is 4.98 Å². The van der Waals surface area contributed by atoms with Crippen LogP contribution in [-0.2, 0) is 4.79 Å². The lowest BCUT2D eigenvalue weighted by Crippen LogP contribution is -2.08. The Morgan fingerprint density at radius 1 is 1.46 bits per heavy atom. The molecule has 0 aliphatic rings. The number of ether oxygens (including phenoxy) is 1. The van der Waals surface area contributed by atoms with Crippen LogP contribution in [0.2, 0.25) is 0 Å². The molecule has 24 heavy (non-hydrogen) atoms. The molecule has 0 aliphatic carbocycles. The summed E-state index contributed by atoms with van der Waals surface area (Å²) in [6.07, 6.45) is 4.93. The van der Waals surface area contributed by atoms with E-state index in [2.05, 4.69) is 10.3 Å². The number of furan rings is 1. The number of fused-ring (bicyclic) bond motifs is 1. The van der Waals surface area contributed by atoms with Gasteiger partial charge in [0.25, 0.3) is 0 Å². The molecule has 124 valence electrons. The summed E-state index contributed by atoms with van der Waals surface area (Å²) in [5.41, 5.74) is 3.52. The zero-order valence-corrected chi connectivity index (χ0v) is 14.6. The van der Waals surface area contributed by atoms with Crippen LogP contribution in [-0.4, -0.2) is 17.5 Å². The molecule has 3 aromatic rings. The number of anilines is 1. The Bertz CT molecular complexity index is 895. The third kappa shape index (κ3) is 3.33. The summed E-state index contributed by atoms with van der Waals surface area (Å²) < 4.78 is 11.3. The SMILES string of the molecule is CCOc1cc2occ(C)c2cc1/C(C)=C/C(=O)Nc1nccs1. The summed E-state index contributed by atoms with van der Waals surface area (Å²) >= 11 is 1.38. The van der Waals surface area contributed by atoms with Crippen LogP contribution in [0.3, 0.4) is 0 Å². The molecule has 0 fully saturated rings. The van der Waals surface area contributed by atoms with Crippen LogP contribution < -0.4 is 10.1 Å². The number of nitrogens with zero attached hydrogens (tertiary/aromatic N) is 1. The lowest BCUT2D eigenvalue weighted by molar-refractivity contribution is -0.111. The van der Waals surface area contributed by atoms with E-state index in [0.29, 0.717) is 17.5 Å². The number of carbonyl (C=O) groups is 1. The van der Waals surface area contributed by atoms with Gasteiger partial charge in [-0.05, 0) is 38.0 Å². The van der Waals surface area contributed by atoms with Gasteiger partial charge in [0, 0.05) is 34.7 Å². The highest BCUT2D eigenvalue weighted by atomic mass is 32.1. The number of aryl methyl sites for hydroxylation is 1. The van der Waals surface area contributed by atoms with Crippen molar-refractivity contribution in [2.24, 2.45) is 0 Å². The fourth-order valence-corrected chi connectivity index (χ4v) is 3.00. The van der Waals surface area contributed by atoms with Gasteiger partial charge in [0.05, 0.1) is 12.9 Å². The Labute approximate surface area is 144 Å². The molecule has 1 amide bonds. The van der Waals surface area contributed by atoms with Gasteiger partial charge in [-0.1, -0.05) is 0 Å². The minimum absolute atomic E-state index is 0.214. The molecule has 0 aliphatic heterocycles. The van der Waals surface area contributed by atoms with Crippen molar-refractivity contribution in [2.75, 3.05) is 11.9 Å². The fourth-order valence-electron chi connectivity index (χ4n) is 2.47. The smallest absolute Gasteiger partial charge is 0.250 e. The van der Waals surface area contributed by atoms with Crippen molar-refractivity contribution in [3.63, 3.8) is 0 Å². The summed E-state index contributed by atoms with van der Waals surface area (Å²) in [4.78, 5) is 16.2. The minimum atomic E-state index is -0.214. The zero-order valence-electron chi connectivity index (χ0n) is 13.8. The quantitative estimate of drug-likeness (QED) is 0.686. The summed E-state index contributed by atoms with van der Waals surface area (Å²) in [5, 5.41) is 6.16. The van der Waals surface area contributed by atoms with Crippen LogP contribution in [0.4, 0.5) is 5.13 Å². The molecular weight excluding hydrogens is 324 g/mol. The van der Waals surface area contributed by atoms with Crippen LogP contribution in [0, 0.1) is 6.92 Å². The Kier molecular flexibility index (Phi) is 4.66. The van der Waals surface area contributed by atoms with E-state index in [1.165, 1.54) is 11.3 Å². The van der Waals surface area contributed by atoms with Crippen LogP contribution >= 0.6 is 11.3 Å². The normalized spacial score (nSPS) is 11.7. The molecule has 0 atom stereocenters. The largest absolute Gasteiger partial charge is 0.493 e. The highest BCUT2D eigenvalue weighted by Crippen LogP contribution is 2.33. The van der Waals surface area contributed by atoms with Gasteiger partial charge in [-0.15, -0.1) is 11.3 Å². The summed E-state index contributed by atoms with van der Waals surface area (Å²) in [5.74, 6) is 0.490. The number of amides is 1. The van der Waals surface area contributed by atoms with Crippen molar-refractivity contribution >= 4 is 38.9 Å². The molecule has 0 bridgehead atoms. The first-order valence-corrected chi connectivity index (χ1v) is 8.50. The number of hydrogen-bond donors (Lipinski definition) is 1. The number of aromatic nitrogens is 1. The van der Waals surface area contributed by atoms with E-state index < -0.39 is 0 Å². The van der Waals surface area contributed by atoms with Gasteiger partial charge in [0.1, 0.15) is 11.3 Å². The van der Waals surface area contributed by atoms with E-state index >= 15 is 0 Å². The number of thiazole rings is 1. The fraction of sp³-hybridized carbons (Fsp3) is 0.222. The molecule has 1 aromatic carbocycles. The number of rotatable bonds is 5. The number of benzene rings is 1. The van der Waals surface area contributed by atoms with Crippen LogP contribution in [0.5, 0.6) is 5.75 Å². The Balaban J connectivity index is 1.96. The third-order valence-electron chi connectivity index (χ3n) is 3.60. The molecular formula is C18H18N2O3S. The second-order valence-electron chi connectivity index (χ2n) is 5.35. The first-order valence-electron chi connectivity index (χ1n) is 7.62. The first-order chi connectivity index (χ1) is 11.6. The maximum atomic E-state index is 12.2. The van der Waals surface area contributed by atoms with Crippen LogP contribution in [0.15, 0.2) is 40.5 Å². The third-order valence-corrected chi connectivity index (χ3v) is 4.29. The van der Waals surface area contributed by atoms with Gasteiger partial charge in [0.2, 0.25) is 5.91 Å². The van der Waals surface area contributed by atoms with Crippen molar-refractivity contribution in [3.8, 4) is 5.75 Å². The topological polar surface area (TPSA) is 64.4 Å². The van der Waals surface area contributed by atoms with Gasteiger partial charge >= 0.3 is 0 Å². The molecule has 0 saturated carbocycles. The van der Waals surface area contributed by atoms with Crippen LogP contribution in [0.25, 0.3) is 16.5 Å². The van der Waals surface area contributed by atoms with E-state index in [9.17, 15) is 4.79 Å². The summed E-state index contributed by atoms with van der Waals surface area (Å²) in [6, 6.07) is 3.87. The highest BCUT2D eigenvalue weighted by molar-refractivity contribution is 7.13. The number of allylic oxidation sites excluding steroid dienone is 1. The molecule has 0 unspecified atom stereocenters. The van der Waals surface area contributed by atoms with Gasteiger partial charge in [-0.3, -0.25) is 10.1 Å². The van der Waals surface area contributed by atoms with Crippen molar-refractivity contribution < 1.29 is 13.9 Å². The van der Waals surface area contributed by atoms with Gasteiger partial charge in [0.15, 0.2) is 5.13 Å². The Hall–Kier alpha value is -2.60. The summed E-state index contributed by atoms with van der Waals surface area (Å²) in [7, 11) is 0. The molecule has 5 nitrogen and oxygen atoms in total. The molecule has 2 aromatic heterocycles. The Morgan fingerprint density at radius 2 is 2.29 bits per heavy atom. The van der Waals surface area contributed by atoms with Crippen LogP contribution in [0.1, 0.15) is 25.0 Å². The van der Waals surface area contributed by atoms with Crippen molar-refractivity contribution in [1.82, 2.24) is 4.98 Å². The Morgan fingerprint density at radius 3 is 3.00 bits per heavy atom. The van der Waals surface area contributed by atoms with E-state index in [1.807, 2.05) is 38.3 Å². The lowest BCUT2D eigenvalue weighted by Gasteiger charge is -2.11. The van der Waals surface area contributed by atoms with E-state index in [1.54, 1.807) is 18.5 Å². The van der Waals surface area contributed by atoms with E-state index in [4.69, 9.17) is 9.15 Å². The van der Waals surface area contributed by atoms with E-state index in [0.717, 1.165) is 27.7 Å². The predicted molar refractivity (Wildman–Crippen MR) is 96.5 cm³/mol. The van der Waals surface area contributed by atoms with E-state index in [-0.39, 0.29) is 5.91 Å². The minimum Gasteiger partial charge on any atom is -0.493 e. The van der Waals surface area contributed by atoms with Gasteiger partial charge in [-0.2, -0.15) is 0 Å². The second kappa shape index (κ2) is 6.88. The molecule has 0 saturated heterocycles. The maximum absolute atomic E-state index is 12.2. The average Bonchev–Trinajstić information content (AvgIpc) is 3.17.